The quantitative estimate of drug-likeness (QED) is 0.677. The maximum atomic E-state index is 12.6. The van der Waals surface area contributed by atoms with Crippen LogP contribution in [0.15, 0.2) is 24.3 Å². The molecule has 1 unspecified atom stereocenters. The molecule has 2 heterocycles. The fourth-order valence-corrected chi connectivity index (χ4v) is 5.47. The van der Waals surface area contributed by atoms with Crippen LogP contribution in [0.1, 0.15) is 77.7 Å². The lowest BCUT2D eigenvalue weighted by Gasteiger charge is -2.41. The standard InChI is InChI=1S/C26H39NO5/c1-26(2,3)32-25(29)27-19-6-7-20(27)17-24(16-19)31-23-12-10-22(11-13-23)30-21-8-4-18(5-9-21)14-15-28/h4-5,8-9,19-20,22-24,28H,6-7,10-17H2,1-3H3/t19-,20+,22?,23?,24?. The molecule has 32 heavy (non-hydrogen) atoms. The Morgan fingerprint density at radius 1 is 0.938 bits per heavy atom. The molecule has 0 radical (unpaired) electrons. The molecule has 1 saturated carbocycles. The first-order valence-corrected chi connectivity index (χ1v) is 12.3. The molecule has 3 fully saturated rings. The number of nitrogens with zero attached hydrogens (tertiary/aromatic N) is 1. The van der Waals surface area contributed by atoms with Gasteiger partial charge in [0, 0.05) is 18.7 Å². The summed E-state index contributed by atoms with van der Waals surface area (Å²) in [5.74, 6) is 0.905. The van der Waals surface area contributed by atoms with E-state index in [1.165, 1.54) is 0 Å². The van der Waals surface area contributed by atoms with E-state index >= 15 is 0 Å². The number of carbonyl (C=O) groups is 1. The van der Waals surface area contributed by atoms with E-state index in [9.17, 15) is 4.79 Å². The predicted molar refractivity (Wildman–Crippen MR) is 123 cm³/mol. The van der Waals surface area contributed by atoms with Crippen molar-refractivity contribution in [2.24, 2.45) is 0 Å². The average Bonchev–Trinajstić information content (AvgIpc) is 3.01. The van der Waals surface area contributed by atoms with E-state index in [1.54, 1.807) is 0 Å². The maximum Gasteiger partial charge on any atom is 0.410 e. The van der Waals surface area contributed by atoms with Crippen molar-refractivity contribution in [3.05, 3.63) is 29.8 Å². The third kappa shape index (κ3) is 5.96. The molecule has 4 rings (SSSR count). The molecule has 3 aliphatic rings. The minimum Gasteiger partial charge on any atom is -0.490 e. The van der Waals surface area contributed by atoms with Crippen LogP contribution in [-0.2, 0) is 15.9 Å². The van der Waals surface area contributed by atoms with Gasteiger partial charge in [-0.3, -0.25) is 0 Å². The second kappa shape index (κ2) is 10.0. The van der Waals surface area contributed by atoms with Crippen LogP contribution in [0.25, 0.3) is 0 Å². The summed E-state index contributed by atoms with van der Waals surface area (Å²) in [5, 5.41) is 9.04. The molecule has 2 bridgehead atoms. The molecule has 178 valence electrons. The smallest absolute Gasteiger partial charge is 0.410 e. The summed E-state index contributed by atoms with van der Waals surface area (Å²) in [6, 6.07) is 8.56. The molecule has 2 saturated heterocycles. The van der Waals surface area contributed by atoms with Crippen molar-refractivity contribution < 1.29 is 24.1 Å². The number of hydrogen-bond donors (Lipinski definition) is 1. The summed E-state index contributed by atoms with van der Waals surface area (Å²) in [5.41, 5.74) is 0.676. The molecule has 0 aromatic heterocycles. The maximum absolute atomic E-state index is 12.6. The third-order valence-corrected chi connectivity index (χ3v) is 6.93. The Morgan fingerprint density at radius 2 is 1.53 bits per heavy atom. The van der Waals surface area contributed by atoms with Crippen molar-refractivity contribution in [1.82, 2.24) is 4.90 Å². The van der Waals surface area contributed by atoms with Gasteiger partial charge in [0.05, 0.1) is 18.3 Å². The SMILES string of the molecule is CC(C)(C)OC(=O)N1[C@@H]2CC[C@H]1CC(OC1CCC(Oc3ccc(CCO)cc3)CC1)C2. The van der Waals surface area contributed by atoms with Gasteiger partial charge in [0.15, 0.2) is 0 Å². The number of rotatable bonds is 6. The van der Waals surface area contributed by atoms with Gasteiger partial charge in [-0.25, -0.2) is 4.79 Å². The topological polar surface area (TPSA) is 68.2 Å². The highest BCUT2D eigenvalue weighted by atomic mass is 16.6. The van der Waals surface area contributed by atoms with Crippen molar-refractivity contribution in [2.45, 2.75) is 115 Å². The lowest BCUT2D eigenvalue weighted by atomic mass is 9.93. The second-order valence-corrected chi connectivity index (χ2v) is 10.6. The number of fused-ring (bicyclic) bond motifs is 2. The van der Waals surface area contributed by atoms with Gasteiger partial charge in [-0.05, 0) is 96.3 Å². The highest BCUT2D eigenvalue weighted by molar-refractivity contribution is 5.69. The number of amides is 1. The van der Waals surface area contributed by atoms with Gasteiger partial charge in [-0.15, -0.1) is 0 Å². The van der Waals surface area contributed by atoms with E-state index in [-0.39, 0.29) is 37.0 Å². The molecular weight excluding hydrogens is 406 g/mol. The zero-order valence-electron chi connectivity index (χ0n) is 19.8. The van der Waals surface area contributed by atoms with Crippen molar-refractivity contribution >= 4 is 6.09 Å². The Bertz CT molecular complexity index is 736. The molecule has 1 aromatic carbocycles. The second-order valence-electron chi connectivity index (χ2n) is 10.6. The van der Waals surface area contributed by atoms with Crippen molar-refractivity contribution in [3.8, 4) is 5.75 Å². The summed E-state index contributed by atoms with van der Waals surface area (Å²) in [6.07, 6.45) is 9.31. The van der Waals surface area contributed by atoms with E-state index in [0.29, 0.717) is 12.5 Å². The fraction of sp³-hybridized carbons (Fsp3) is 0.731. The van der Waals surface area contributed by atoms with Crippen LogP contribution in [0.3, 0.4) is 0 Å². The van der Waals surface area contributed by atoms with Gasteiger partial charge in [-0.2, -0.15) is 0 Å². The minimum absolute atomic E-state index is 0.162. The largest absolute Gasteiger partial charge is 0.490 e. The molecule has 2 aliphatic heterocycles. The zero-order chi connectivity index (χ0) is 22.7. The fourth-order valence-electron chi connectivity index (χ4n) is 5.47. The predicted octanol–water partition coefficient (Wildman–Crippen LogP) is 4.86. The molecule has 1 N–H and O–H groups in total. The molecule has 6 heteroatoms. The van der Waals surface area contributed by atoms with Gasteiger partial charge in [0.1, 0.15) is 11.4 Å². The Hall–Kier alpha value is -1.79. The molecule has 0 spiro atoms. The van der Waals surface area contributed by atoms with E-state index in [0.717, 1.165) is 62.7 Å². The highest BCUT2D eigenvalue weighted by Gasteiger charge is 2.45. The van der Waals surface area contributed by atoms with Gasteiger partial charge in [-0.1, -0.05) is 12.1 Å². The monoisotopic (exact) mass is 445 g/mol. The Kier molecular flexibility index (Phi) is 7.30. The van der Waals surface area contributed by atoms with Crippen LogP contribution < -0.4 is 4.74 Å². The average molecular weight is 446 g/mol. The Balaban J connectivity index is 1.21. The first-order chi connectivity index (χ1) is 15.3. The number of benzene rings is 1. The summed E-state index contributed by atoms with van der Waals surface area (Å²) in [7, 11) is 0. The zero-order valence-corrected chi connectivity index (χ0v) is 19.8. The molecule has 1 aliphatic carbocycles. The van der Waals surface area contributed by atoms with Crippen LogP contribution in [0, 0.1) is 0 Å². The van der Waals surface area contributed by atoms with Gasteiger partial charge >= 0.3 is 6.09 Å². The molecule has 3 atom stereocenters. The number of aliphatic hydroxyl groups excluding tert-OH is 1. The lowest BCUT2D eigenvalue weighted by molar-refractivity contribution is -0.0812. The van der Waals surface area contributed by atoms with Crippen LogP contribution in [-0.4, -0.2) is 58.7 Å². The van der Waals surface area contributed by atoms with Gasteiger partial charge in [0.2, 0.25) is 0 Å². The number of ether oxygens (including phenoxy) is 3. The van der Waals surface area contributed by atoms with E-state index < -0.39 is 5.60 Å². The first kappa shape index (κ1) is 23.4. The number of aliphatic hydroxyl groups is 1. The lowest BCUT2D eigenvalue weighted by Crippen LogP contribution is -2.50. The van der Waals surface area contributed by atoms with Crippen LogP contribution >= 0.6 is 0 Å². The van der Waals surface area contributed by atoms with Crippen molar-refractivity contribution in [3.63, 3.8) is 0 Å². The summed E-state index contributed by atoms with van der Waals surface area (Å²) in [4.78, 5) is 14.6. The van der Waals surface area contributed by atoms with E-state index in [2.05, 4.69) is 0 Å². The number of hydrogen-bond acceptors (Lipinski definition) is 5. The van der Waals surface area contributed by atoms with Crippen LogP contribution in [0.2, 0.25) is 0 Å². The first-order valence-electron chi connectivity index (χ1n) is 12.3. The van der Waals surface area contributed by atoms with Crippen LogP contribution in [0.5, 0.6) is 5.75 Å². The summed E-state index contributed by atoms with van der Waals surface area (Å²) >= 11 is 0. The highest BCUT2D eigenvalue weighted by Crippen LogP contribution is 2.39. The van der Waals surface area contributed by atoms with Gasteiger partial charge < -0.3 is 24.2 Å². The minimum atomic E-state index is -0.452. The molecule has 6 nitrogen and oxygen atoms in total. The number of carbonyl (C=O) groups excluding carboxylic acids is 1. The molecule has 1 amide bonds. The summed E-state index contributed by atoms with van der Waals surface area (Å²) < 4.78 is 18.3. The van der Waals surface area contributed by atoms with Gasteiger partial charge in [0.25, 0.3) is 0 Å². The molecule has 1 aromatic rings. The number of piperidine rings is 1. The third-order valence-electron chi connectivity index (χ3n) is 6.93. The Labute approximate surface area is 192 Å². The molecular formula is C26H39NO5. The van der Waals surface area contributed by atoms with Crippen molar-refractivity contribution in [1.29, 1.82) is 0 Å². The van der Waals surface area contributed by atoms with E-state index in [4.69, 9.17) is 19.3 Å². The van der Waals surface area contributed by atoms with Crippen LogP contribution in [0.4, 0.5) is 4.79 Å². The summed E-state index contributed by atoms with van der Waals surface area (Å²) in [6.45, 7) is 5.95. The van der Waals surface area contributed by atoms with E-state index in [1.807, 2.05) is 49.9 Å². The Morgan fingerprint density at radius 3 is 2.09 bits per heavy atom. The normalized spacial score (nSPS) is 30.2. The van der Waals surface area contributed by atoms with Crippen molar-refractivity contribution in [2.75, 3.05) is 6.61 Å².